The summed E-state index contributed by atoms with van der Waals surface area (Å²) >= 11 is 1.32. The molecule has 8 heteroatoms. The number of alkyl halides is 3. The highest BCUT2D eigenvalue weighted by Crippen LogP contribution is 2.33. The van der Waals surface area contributed by atoms with Crippen LogP contribution < -0.4 is 4.90 Å². The maximum atomic E-state index is 12.8. The van der Waals surface area contributed by atoms with E-state index in [-0.39, 0.29) is 0 Å². The maximum absolute atomic E-state index is 12.8. The Morgan fingerprint density at radius 1 is 1.43 bits per heavy atom. The molecular weight excluding hydrogens is 329 g/mol. The van der Waals surface area contributed by atoms with Crippen molar-refractivity contribution in [2.75, 3.05) is 23.8 Å². The lowest BCUT2D eigenvalue weighted by atomic mass is 10.2. The van der Waals surface area contributed by atoms with Gasteiger partial charge in [0.2, 0.25) is 0 Å². The van der Waals surface area contributed by atoms with Crippen molar-refractivity contribution in [2.45, 2.75) is 25.9 Å². The maximum Gasteiger partial charge on any atom is 0.436 e. The number of ether oxygens (including phenoxy) is 1. The number of unbranched alkanes of at least 4 members (excludes halogenated alkanes) is 1. The molecule has 0 aromatic heterocycles. The molecule has 1 amide bonds. The van der Waals surface area contributed by atoms with E-state index in [4.69, 9.17) is 4.74 Å². The van der Waals surface area contributed by atoms with Gasteiger partial charge in [-0.05, 0) is 24.6 Å². The molecule has 0 bridgehead atoms. The molecule has 1 aliphatic heterocycles. The molecule has 23 heavy (non-hydrogen) atoms. The van der Waals surface area contributed by atoms with Gasteiger partial charge in [0, 0.05) is 18.0 Å². The Morgan fingerprint density at radius 2 is 2.22 bits per heavy atom. The van der Waals surface area contributed by atoms with E-state index in [2.05, 4.69) is 4.99 Å². The van der Waals surface area contributed by atoms with Gasteiger partial charge < -0.3 is 9.64 Å². The van der Waals surface area contributed by atoms with Gasteiger partial charge in [0.15, 0.2) is 5.17 Å². The molecule has 1 saturated heterocycles. The zero-order valence-electron chi connectivity index (χ0n) is 12.6. The summed E-state index contributed by atoms with van der Waals surface area (Å²) in [6.07, 6.45) is -3.46. The second kappa shape index (κ2) is 7.72. The average molecular weight is 346 g/mol. The Bertz CT molecular complexity index is 590. The first kappa shape index (κ1) is 17.7. The number of halogens is 3. The smallest absolute Gasteiger partial charge is 0.436 e. The SMILES string of the molecule is CCCCOC(=O)N=C1SCCN1c1cccc(C(F)(F)F)c1. The number of thioether (sulfide) groups is 1. The van der Waals surface area contributed by atoms with E-state index in [1.165, 1.54) is 17.8 Å². The van der Waals surface area contributed by atoms with Crippen molar-refractivity contribution >= 4 is 28.7 Å². The third-order valence-electron chi connectivity index (χ3n) is 3.17. The molecule has 2 rings (SSSR count). The summed E-state index contributed by atoms with van der Waals surface area (Å²) in [7, 11) is 0. The van der Waals surface area contributed by atoms with E-state index in [9.17, 15) is 18.0 Å². The van der Waals surface area contributed by atoms with E-state index in [0.29, 0.717) is 29.8 Å². The van der Waals surface area contributed by atoms with E-state index in [1.54, 1.807) is 11.0 Å². The molecular formula is C15H17F3N2O2S. The van der Waals surface area contributed by atoms with Gasteiger partial charge in [-0.25, -0.2) is 4.79 Å². The first-order valence-corrected chi connectivity index (χ1v) is 8.23. The minimum absolute atomic E-state index is 0.292. The first-order valence-electron chi connectivity index (χ1n) is 7.25. The van der Waals surface area contributed by atoms with E-state index in [1.807, 2.05) is 6.92 Å². The van der Waals surface area contributed by atoms with Gasteiger partial charge in [-0.3, -0.25) is 0 Å². The fourth-order valence-electron chi connectivity index (χ4n) is 2.00. The average Bonchev–Trinajstić information content (AvgIpc) is 2.95. The molecule has 1 fully saturated rings. The topological polar surface area (TPSA) is 41.9 Å². The molecule has 0 aliphatic carbocycles. The normalized spacial score (nSPS) is 16.9. The standard InChI is InChI=1S/C15H17F3N2O2S/c1-2-3-8-22-14(21)19-13-20(7-9-23-13)12-6-4-5-11(10-12)15(16,17)18/h4-6,10H,2-3,7-9H2,1H3. The van der Waals surface area contributed by atoms with E-state index in [0.717, 1.165) is 25.0 Å². The van der Waals surface area contributed by atoms with Gasteiger partial charge in [0.25, 0.3) is 0 Å². The predicted molar refractivity (Wildman–Crippen MR) is 84.9 cm³/mol. The summed E-state index contributed by atoms with van der Waals surface area (Å²) < 4.78 is 43.4. The fourth-order valence-corrected chi connectivity index (χ4v) is 2.95. The van der Waals surface area contributed by atoms with Gasteiger partial charge in [-0.2, -0.15) is 18.2 Å². The first-order chi connectivity index (χ1) is 10.9. The Balaban J connectivity index is 2.14. The van der Waals surface area contributed by atoms with E-state index < -0.39 is 17.8 Å². The Hall–Kier alpha value is -1.70. The molecule has 0 radical (unpaired) electrons. The number of anilines is 1. The largest absolute Gasteiger partial charge is 0.448 e. The Morgan fingerprint density at radius 3 is 2.91 bits per heavy atom. The number of hydrogen-bond acceptors (Lipinski definition) is 3. The van der Waals surface area contributed by atoms with Crippen molar-refractivity contribution in [2.24, 2.45) is 4.99 Å². The number of aliphatic imine (C=N–C) groups is 1. The predicted octanol–water partition coefficient (Wildman–Crippen LogP) is 4.55. The quantitative estimate of drug-likeness (QED) is 0.750. The zero-order chi connectivity index (χ0) is 16.9. The van der Waals surface area contributed by atoms with Crippen LogP contribution in [0, 0.1) is 0 Å². The van der Waals surface area contributed by atoms with Crippen LogP contribution in [-0.2, 0) is 10.9 Å². The van der Waals surface area contributed by atoms with Crippen LogP contribution in [-0.4, -0.2) is 30.2 Å². The highest BCUT2D eigenvalue weighted by molar-refractivity contribution is 8.14. The summed E-state index contributed by atoms with van der Waals surface area (Å²) in [5.41, 5.74) is -0.360. The third-order valence-corrected chi connectivity index (χ3v) is 4.13. The Labute approximate surface area is 136 Å². The molecule has 0 N–H and O–H groups in total. The highest BCUT2D eigenvalue weighted by Gasteiger charge is 2.32. The molecule has 1 aromatic carbocycles. The van der Waals surface area contributed by atoms with Crippen molar-refractivity contribution in [3.8, 4) is 0 Å². The minimum Gasteiger partial charge on any atom is -0.448 e. The van der Waals surface area contributed by atoms with E-state index >= 15 is 0 Å². The number of amidine groups is 1. The second-order valence-electron chi connectivity index (χ2n) is 4.91. The fraction of sp³-hybridized carbons (Fsp3) is 0.467. The second-order valence-corrected chi connectivity index (χ2v) is 5.97. The summed E-state index contributed by atoms with van der Waals surface area (Å²) in [5.74, 6) is 0.650. The van der Waals surface area contributed by atoms with Gasteiger partial charge in [0.1, 0.15) is 0 Å². The van der Waals surface area contributed by atoms with Crippen molar-refractivity contribution in [3.63, 3.8) is 0 Å². The van der Waals surface area contributed by atoms with Crippen molar-refractivity contribution < 1.29 is 22.7 Å². The molecule has 126 valence electrons. The number of amides is 1. The number of carbonyl (C=O) groups excluding carboxylic acids is 1. The highest BCUT2D eigenvalue weighted by atomic mass is 32.2. The van der Waals surface area contributed by atoms with Crippen LogP contribution in [0.2, 0.25) is 0 Å². The molecule has 0 spiro atoms. The lowest BCUT2D eigenvalue weighted by Gasteiger charge is -2.19. The molecule has 0 unspecified atom stereocenters. The minimum atomic E-state index is -4.40. The van der Waals surface area contributed by atoms with Crippen LogP contribution in [0.1, 0.15) is 25.3 Å². The number of hydrogen-bond donors (Lipinski definition) is 0. The zero-order valence-corrected chi connectivity index (χ0v) is 13.4. The van der Waals surface area contributed by atoms with Crippen LogP contribution in [0.25, 0.3) is 0 Å². The molecule has 4 nitrogen and oxygen atoms in total. The van der Waals surface area contributed by atoms with Gasteiger partial charge in [-0.1, -0.05) is 31.2 Å². The number of carbonyl (C=O) groups is 1. The van der Waals surface area contributed by atoms with Crippen molar-refractivity contribution in [3.05, 3.63) is 29.8 Å². The van der Waals surface area contributed by atoms with Gasteiger partial charge in [0.05, 0.1) is 12.2 Å². The van der Waals surface area contributed by atoms with Crippen LogP contribution in [0.15, 0.2) is 29.3 Å². The summed E-state index contributed by atoms with van der Waals surface area (Å²) in [6.45, 7) is 2.76. The van der Waals surface area contributed by atoms with Gasteiger partial charge in [-0.15, -0.1) is 0 Å². The number of rotatable bonds is 4. The molecule has 1 heterocycles. The van der Waals surface area contributed by atoms with Crippen molar-refractivity contribution in [1.82, 2.24) is 0 Å². The Kier molecular flexibility index (Phi) is 5.92. The van der Waals surface area contributed by atoms with Gasteiger partial charge >= 0.3 is 12.3 Å². The molecule has 1 aromatic rings. The molecule has 0 atom stereocenters. The molecule has 0 saturated carbocycles. The summed E-state index contributed by atoms with van der Waals surface area (Å²) in [6, 6.07) is 4.99. The lowest BCUT2D eigenvalue weighted by Crippen LogP contribution is -2.25. The summed E-state index contributed by atoms with van der Waals surface area (Å²) in [4.78, 5) is 17.1. The lowest BCUT2D eigenvalue weighted by molar-refractivity contribution is -0.137. The summed E-state index contributed by atoms with van der Waals surface area (Å²) in [5, 5.41) is 0.367. The number of nitrogens with zero attached hydrogens (tertiary/aromatic N) is 2. The monoisotopic (exact) mass is 346 g/mol. The van der Waals surface area contributed by atoms with Crippen LogP contribution in [0.5, 0.6) is 0 Å². The number of benzene rings is 1. The van der Waals surface area contributed by atoms with Crippen LogP contribution in [0.4, 0.5) is 23.7 Å². The molecule has 1 aliphatic rings. The third kappa shape index (κ3) is 4.89. The van der Waals surface area contributed by atoms with Crippen LogP contribution >= 0.6 is 11.8 Å². The van der Waals surface area contributed by atoms with Crippen LogP contribution in [0.3, 0.4) is 0 Å². The van der Waals surface area contributed by atoms with Crippen molar-refractivity contribution in [1.29, 1.82) is 0 Å².